The second-order valence-electron chi connectivity index (χ2n) is 3.37. The number of rotatable bonds is 3. The van der Waals surface area contributed by atoms with Crippen LogP contribution in [0.15, 0.2) is 17.1 Å². The van der Waals surface area contributed by atoms with E-state index in [0.717, 1.165) is 12.1 Å². The second-order valence-corrected chi connectivity index (χ2v) is 3.37. The van der Waals surface area contributed by atoms with Crippen molar-refractivity contribution >= 4 is 5.96 Å². The second kappa shape index (κ2) is 6.12. The van der Waals surface area contributed by atoms with Crippen LogP contribution in [0.25, 0.3) is 0 Å². The minimum absolute atomic E-state index is 0.370. The van der Waals surface area contributed by atoms with Crippen molar-refractivity contribution in [3.63, 3.8) is 0 Å². The van der Waals surface area contributed by atoms with E-state index in [9.17, 15) is 13.2 Å². The Morgan fingerprint density at radius 3 is 2.29 bits per heavy atom. The van der Waals surface area contributed by atoms with Crippen LogP contribution in [0.4, 0.5) is 13.2 Å². The van der Waals surface area contributed by atoms with E-state index in [2.05, 4.69) is 15.6 Å². The Bertz CT molecular complexity index is 395. The van der Waals surface area contributed by atoms with Gasteiger partial charge in [0.1, 0.15) is 0 Å². The molecule has 0 radical (unpaired) electrons. The van der Waals surface area contributed by atoms with Crippen LogP contribution < -0.4 is 10.6 Å². The molecule has 0 bridgehead atoms. The number of hydrogen-bond acceptors (Lipinski definition) is 1. The highest BCUT2D eigenvalue weighted by molar-refractivity contribution is 5.79. The molecule has 0 aliphatic heterocycles. The molecule has 6 heteroatoms. The van der Waals surface area contributed by atoms with Gasteiger partial charge in [0.05, 0.1) is 0 Å². The maximum absolute atomic E-state index is 12.9. The molecule has 0 aliphatic rings. The summed E-state index contributed by atoms with van der Waals surface area (Å²) in [4.78, 5) is 3.87. The average molecular weight is 245 g/mol. The lowest BCUT2D eigenvalue weighted by molar-refractivity contribution is 0.445. The van der Waals surface area contributed by atoms with Crippen LogP contribution in [0.3, 0.4) is 0 Å². The fraction of sp³-hybridized carbons (Fsp3) is 0.364. The van der Waals surface area contributed by atoms with Crippen LogP contribution in [-0.2, 0) is 6.42 Å². The molecule has 0 amide bonds. The number of nitrogens with one attached hydrogen (secondary N) is 2. The summed E-state index contributed by atoms with van der Waals surface area (Å²) in [5, 5.41) is 5.72. The summed E-state index contributed by atoms with van der Waals surface area (Å²) in [5.74, 6) is -3.20. The Morgan fingerprint density at radius 2 is 1.82 bits per heavy atom. The van der Waals surface area contributed by atoms with Crippen LogP contribution in [0.1, 0.15) is 5.56 Å². The van der Waals surface area contributed by atoms with E-state index in [1.165, 1.54) is 0 Å². The van der Waals surface area contributed by atoms with E-state index in [1.54, 1.807) is 14.1 Å². The van der Waals surface area contributed by atoms with E-state index >= 15 is 0 Å². The fourth-order valence-electron chi connectivity index (χ4n) is 1.36. The zero-order valence-corrected chi connectivity index (χ0v) is 9.65. The summed E-state index contributed by atoms with van der Waals surface area (Å²) in [6.45, 7) is 0.442. The quantitative estimate of drug-likeness (QED) is 0.480. The lowest BCUT2D eigenvalue weighted by Gasteiger charge is -2.08. The summed E-state index contributed by atoms with van der Waals surface area (Å²) in [7, 11) is 3.31. The van der Waals surface area contributed by atoms with E-state index in [0.29, 0.717) is 24.5 Å². The maximum Gasteiger partial charge on any atom is 0.194 e. The van der Waals surface area contributed by atoms with Gasteiger partial charge >= 0.3 is 0 Å². The first kappa shape index (κ1) is 13.3. The van der Waals surface area contributed by atoms with Crippen LogP contribution in [-0.4, -0.2) is 26.6 Å². The Morgan fingerprint density at radius 1 is 1.24 bits per heavy atom. The number of guanidine groups is 1. The third-order valence-electron chi connectivity index (χ3n) is 2.21. The van der Waals surface area contributed by atoms with Crippen molar-refractivity contribution in [1.29, 1.82) is 0 Å². The standard InChI is InChI=1S/C11H14F3N3/c1-15-11(16-2)17-4-3-7-5-8(12)10(14)9(13)6-7/h5-6H,3-4H2,1-2H3,(H2,15,16,17). The molecule has 94 valence electrons. The fourth-order valence-corrected chi connectivity index (χ4v) is 1.36. The molecular weight excluding hydrogens is 231 g/mol. The van der Waals surface area contributed by atoms with Gasteiger partial charge < -0.3 is 10.6 Å². The van der Waals surface area contributed by atoms with Crippen LogP contribution >= 0.6 is 0 Å². The summed E-state index contributed by atoms with van der Waals surface area (Å²) in [5.41, 5.74) is 0.389. The highest BCUT2D eigenvalue weighted by Gasteiger charge is 2.10. The van der Waals surface area contributed by atoms with Gasteiger partial charge in [-0.25, -0.2) is 13.2 Å². The van der Waals surface area contributed by atoms with Gasteiger partial charge in [0.25, 0.3) is 0 Å². The van der Waals surface area contributed by atoms with Gasteiger partial charge in [0.2, 0.25) is 0 Å². The van der Waals surface area contributed by atoms with E-state index in [4.69, 9.17) is 0 Å². The van der Waals surface area contributed by atoms with Crippen LogP contribution in [0, 0.1) is 17.5 Å². The smallest absolute Gasteiger partial charge is 0.194 e. The predicted molar refractivity (Wildman–Crippen MR) is 60.4 cm³/mol. The molecule has 0 spiro atoms. The molecular formula is C11H14F3N3. The van der Waals surface area contributed by atoms with E-state index < -0.39 is 17.5 Å². The Balaban J connectivity index is 2.59. The number of nitrogens with zero attached hydrogens (tertiary/aromatic N) is 1. The number of aliphatic imine (C=N–C) groups is 1. The molecule has 0 heterocycles. The first-order chi connectivity index (χ1) is 8.08. The predicted octanol–water partition coefficient (Wildman–Crippen LogP) is 1.44. The molecule has 2 N–H and O–H groups in total. The molecule has 1 aromatic rings. The van der Waals surface area contributed by atoms with Crippen molar-refractivity contribution in [3.8, 4) is 0 Å². The summed E-state index contributed by atoms with van der Waals surface area (Å²) in [6.07, 6.45) is 0.370. The number of halogens is 3. The molecule has 1 aromatic carbocycles. The lowest BCUT2D eigenvalue weighted by atomic mass is 10.1. The molecule has 0 saturated carbocycles. The minimum Gasteiger partial charge on any atom is -0.359 e. The Kier molecular flexibility index (Phi) is 4.81. The first-order valence-corrected chi connectivity index (χ1v) is 5.10. The van der Waals surface area contributed by atoms with E-state index in [-0.39, 0.29) is 0 Å². The lowest BCUT2D eigenvalue weighted by Crippen LogP contribution is -2.35. The van der Waals surface area contributed by atoms with Gasteiger partial charge in [-0.15, -0.1) is 0 Å². The minimum atomic E-state index is -1.44. The highest BCUT2D eigenvalue weighted by Crippen LogP contribution is 2.13. The Labute approximate surface area is 97.7 Å². The van der Waals surface area contributed by atoms with Gasteiger partial charge in [0.15, 0.2) is 23.4 Å². The highest BCUT2D eigenvalue weighted by atomic mass is 19.2. The van der Waals surface area contributed by atoms with Crippen molar-refractivity contribution in [2.75, 3.05) is 20.6 Å². The average Bonchev–Trinajstić information content (AvgIpc) is 2.31. The maximum atomic E-state index is 12.9. The molecule has 3 nitrogen and oxygen atoms in total. The normalized spacial score (nSPS) is 11.5. The first-order valence-electron chi connectivity index (χ1n) is 5.10. The third kappa shape index (κ3) is 3.65. The molecule has 0 atom stereocenters. The van der Waals surface area contributed by atoms with Crippen molar-refractivity contribution in [3.05, 3.63) is 35.1 Å². The summed E-state index contributed by atoms with van der Waals surface area (Å²) in [6, 6.07) is 1.98. The van der Waals surface area contributed by atoms with E-state index in [1.807, 2.05) is 0 Å². The largest absolute Gasteiger partial charge is 0.359 e. The van der Waals surface area contributed by atoms with Gasteiger partial charge in [-0.05, 0) is 24.1 Å². The molecule has 1 rings (SSSR count). The molecule has 17 heavy (non-hydrogen) atoms. The molecule has 0 saturated heterocycles. The molecule has 0 fully saturated rings. The van der Waals surface area contributed by atoms with Crippen LogP contribution in [0.5, 0.6) is 0 Å². The van der Waals surface area contributed by atoms with Crippen molar-refractivity contribution in [2.45, 2.75) is 6.42 Å². The summed E-state index contributed by atoms with van der Waals surface area (Å²) >= 11 is 0. The van der Waals surface area contributed by atoms with Crippen molar-refractivity contribution in [2.24, 2.45) is 4.99 Å². The number of benzene rings is 1. The van der Waals surface area contributed by atoms with Gasteiger partial charge in [-0.2, -0.15) is 0 Å². The van der Waals surface area contributed by atoms with Gasteiger partial charge in [-0.1, -0.05) is 0 Å². The zero-order valence-electron chi connectivity index (χ0n) is 9.65. The monoisotopic (exact) mass is 245 g/mol. The van der Waals surface area contributed by atoms with Crippen molar-refractivity contribution < 1.29 is 13.2 Å². The Hall–Kier alpha value is -1.72. The topological polar surface area (TPSA) is 36.4 Å². The molecule has 0 unspecified atom stereocenters. The summed E-state index contributed by atoms with van der Waals surface area (Å²) < 4.78 is 38.4. The van der Waals surface area contributed by atoms with Gasteiger partial charge in [-0.3, -0.25) is 4.99 Å². The van der Waals surface area contributed by atoms with Crippen molar-refractivity contribution in [1.82, 2.24) is 10.6 Å². The zero-order chi connectivity index (χ0) is 12.8. The molecule has 0 aromatic heterocycles. The third-order valence-corrected chi connectivity index (χ3v) is 2.21. The van der Waals surface area contributed by atoms with Crippen LogP contribution in [0.2, 0.25) is 0 Å². The number of hydrogen-bond donors (Lipinski definition) is 2. The molecule has 0 aliphatic carbocycles. The SMILES string of the molecule is CN=C(NC)NCCc1cc(F)c(F)c(F)c1. The van der Waals surface area contributed by atoms with Gasteiger partial charge in [0, 0.05) is 20.6 Å².